The molecular weight excluding hydrogens is 400 g/mol. The third-order valence-corrected chi connectivity index (χ3v) is 5.56. The van der Waals surface area contributed by atoms with E-state index >= 15 is 0 Å². The largest absolute Gasteiger partial charge is 0.398 e. The van der Waals surface area contributed by atoms with Crippen LogP contribution in [-0.4, -0.2) is 24.9 Å². The zero-order chi connectivity index (χ0) is 23.3. The van der Waals surface area contributed by atoms with Crippen molar-refractivity contribution in [3.05, 3.63) is 47.5 Å². The van der Waals surface area contributed by atoms with Gasteiger partial charge < -0.3 is 22.1 Å². The molecule has 32 heavy (non-hydrogen) atoms. The minimum absolute atomic E-state index is 0.179. The van der Waals surface area contributed by atoms with Crippen molar-refractivity contribution in [2.45, 2.75) is 65.2 Å². The fourth-order valence-corrected chi connectivity index (χ4v) is 3.56. The molecule has 0 spiro atoms. The number of amides is 2. The number of nitrogens with one attached hydrogen (secondary N) is 2. The highest BCUT2D eigenvalue weighted by Gasteiger charge is 2.14. The smallest absolute Gasteiger partial charge is 0.253 e. The van der Waals surface area contributed by atoms with Crippen LogP contribution >= 0.6 is 0 Å². The standard InChI is InChI=1S/C26H38N4O2/c1-3-5-7-9-15-29-25(31)21-17-19(11-13-23(21)27)20-12-14-24(28)22(18-20)26(32)30-16-10-8-6-4-2/h11-14,17-18H,3-10,15-16,27-28H2,1-2H3,(H,29,31)(H,30,32). The lowest BCUT2D eigenvalue weighted by Gasteiger charge is -2.12. The Morgan fingerprint density at radius 2 is 1.06 bits per heavy atom. The molecule has 0 unspecified atom stereocenters. The van der Waals surface area contributed by atoms with E-state index in [-0.39, 0.29) is 11.8 Å². The first-order valence-corrected chi connectivity index (χ1v) is 11.8. The highest BCUT2D eigenvalue weighted by atomic mass is 16.2. The van der Waals surface area contributed by atoms with Crippen molar-refractivity contribution in [3.63, 3.8) is 0 Å². The first-order valence-electron chi connectivity index (χ1n) is 11.8. The summed E-state index contributed by atoms with van der Waals surface area (Å²) in [6.45, 7) is 5.58. The Morgan fingerprint density at radius 1 is 0.656 bits per heavy atom. The van der Waals surface area contributed by atoms with E-state index in [4.69, 9.17) is 11.5 Å². The lowest BCUT2D eigenvalue weighted by atomic mass is 9.98. The molecule has 0 saturated carbocycles. The molecule has 0 bridgehead atoms. The molecule has 6 heteroatoms. The Labute approximate surface area is 192 Å². The zero-order valence-electron chi connectivity index (χ0n) is 19.5. The van der Waals surface area contributed by atoms with Crippen LogP contribution in [-0.2, 0) is 0 Å². The first-order chi connectivity index (χ1) is 15.5. The molecular formula is C26H38N4O2. The van der Waals surface area contributed by atoms with E-state index in [2.05, 4.69) is 24.5 Å². The lowest BCUT2D eigenvalue weighted by Crippen LogP contribution is -2.25. The topological polar surface area (TPSA) is 110 Å². The van der Waals surface area contributed by atoms with Crippen molar-refractivity contribution in [3.8, 4) is 11.1 Å². The van der Waals surface area contributed by atoms with Crippen LogP contribution in [0.15, 0.2) is 36.4 Å². The molecule has 0 aliphatic heterocycles. The molecule has 2 aromatic carbocycles. The van der Waals surface area contributed by atoms with Crippen molar-refractivity contribution < 1.29 is 9.59 Å². The van der Waals surface area contributed by atoms with E-state index in [1.807, 2.05) is 12.1 Å². The van der Waals surface area contributed by atoms with Crippen LogP contribution in [0, 0.1) is 0 Å². The second kappa shape index (κ2) is 13.4. The summed E-state index contributed by atoms with van der Waals surface area (Å²) in [5.41, 5.74) is 15.5. The van der Waals surface area contributed by atoms with Gasteiger partial charge in [-0.25, -0.2) is 0 Å². The van der Waals surface area contributed by atoms with E-state index in [1.165, 1.54) is 12.8 Å². The Morgan fingerprint density at radius 3 is 1.44 bits per heavy atom. The quantitative estimate of drug-likeness (QED) is 0.256. The van der Waals surface area contributed by atoms with Gasteiger partial charge in [-0.1, -0.05) is 64.5 Å². The fourth-order valence-electron chi connectivity index (χ4n) is 3.56. The van der Waals surface area contributed by atoms with Gasteiger partial charge in [0.15, 0.2) is 0 Å². The maximum absolute atomic E-state index is 12.6. The molecule has 2 rings (SSSR count). The van der Waals surface area contributed by atoms with Crippen LogP contribution in [0.1, 0.15) is 85.9 Å². The lowest BCUT2D eigenvalue weighted by molar-refractivity contribution is 0.0945. The van der Waals surface area contributed by atoms with Gasteiger partial charge in [-0.05, 0) is 48.2 Å². The summed E-state index contributed by atoms with van der Waals surface area (Å²) in [7, 11) is 0. The van der Waals surface area contributed by atoms with Crippen LogP contribution in [0.5, 0.6) is 0 Å². The summed E-state index contributed by atoms with van der Waals surface area (Å²) < 4.78 is 0. The number of hydrogen-bond donors (Lipinski definition) is 4. The molecule has 0 atom stereocenters. The van der Waals surface area contributed by atoms with Crippen molar-refractivity contribution in [2.24, 2.45) is 0 Å². The Kier molecular flexibility index (Phi) is 10.6. The van der Waals surface area contributed by atoms with Crippen molar-refractivity contribution in [2.75, 3.05) is 24.6 Å². The third kappa shape index (κ3) is 7.59. The van der Waals surface area contributed by atoms with Crippen molar-refractivity contribution in [1.82, 2.24) is 10.6 Å². The Balaban J connectivity index is 2.11. The molecule has 0 saturated heterocycles. The van der Waals surface area contributed by atoms with Gasteiger partial charge >= 0.3 is 0 Å². The van der Waals surface area contributed by atoms with Crippen LogP contribution in [0.25, 0.3) is 11.1 Å². The maximum atomic E-state index is 12.6. The molecule has 2 aromatic rings. The van der Waals surface area contributed by atoms with Crippen LogP contribution in [0.3, 0.4) is 0 Å². The molecule has 0 aromatic heterocycles. The third-order valence-electron chi connectivity index (χ3n) is 5.56. The number of unbranched alkanes of at least 4 members (excludes halogenated alkanes) is 6. The van der Waals surface area contributed by atoms with Crippen molar-refractivity contribution >= 4 is 23.2 Å². The Hall–Kier alpha value is -3.02. The van der Waals surface area contributed by atoms with Gasteiger partial charge in [0.2, 0.25) is 0 Å². The molecule has 174 valence electrons. The average Bonchev–Trinajstić information content (AvgIpc) is 2.79. The molecule has 0 radical (unpaired) electrons. The number of carbonyl (C=O) groups excluding carboxylic acids is 2. The van der Waals surface area contributed by atoms with Gasteiger partial charge in [0.1, 0.15) is 0 Å². The van der Waals surface area contributed by atoms with Crippen LogP contribution in [0.4, 0.5) is 11.4 Å². The molecule has 2 amide bonds. The molecule has 0 heterocycles. The summed E-state index contributed by atoms with van der Waals surface area (Å²) in [6.07, 6.45) is 8.75. The number of hydrogen-bond acceptors (Lipinski definition) is 4. The molecule has 6 N–H and O–H groups in total. The van der Waals surface area contributed by atoms with Gasteiger partial charge in [0.25, 0.3) is 11.8 Å². The molecule has 0 aliphatic rings. The van der Waals surface area contributed by atoms with Crippen LogP contribution in [0.2, 0.25) is 0 Å². The average molecular weight is 439 g/mol. The van der Waals surface area contributed by atoms with Gasteiger partial charge in [-0.3, -0.25) is 9.59 Å². The minimum Gasteiger partial charge on any atom is -0.398 e. The first kappa shape index (κ1) is 25.2. The fraction of sp³-hybridized carbons (Fsp3) is 0.462. The highest BCUT2D eigenvalue weighted by Crippen LogP contribution is 2.27. The van der Waals surface area contributed by atoms with Crippen molar-refractivity contribution in [1.29, 1.82) is 0 Å². The molecule has 0 aliphatic carbocycles. The number of anilines is 2. The number of nitrogen functional groups attached to an aromatic ring is 2. The summed E-state index contributed by atoms with van der Waals surface area (Å²) >= 11 is 0. The van der Waals surface area contributed by atoms with E-state index < -0.39 is 0 Å². The van der Waals surface area contributed by atoms with Crippen LogP contribution < -0.4 is 22.1 Å². The number of rotatable bonds is 13. The Bertz CT molecular complexity index is 822. The second-order valence-corrected chi connectivity index (χ2v) is 8.24. The normalized spacial score (nSPS) is 10.7. The summed E-state index contributed by atoms with van der Waals surface area (Å²) in [5.74, 6) is -0.359. The number of benzene rings is 2. The maximum Gasteiger partial charge on any atom is 0.253 e. The SMILES string of the molecule is CCCCCCNC(=O)c1cc(-c2ccc(N)c(C(=O)NCCCCCC)c2)ccc1N. The van der Waals surface area contributed by atoms with Gasteiger partial charge in [-0.15, -0.1) is 0 Å². The van der Waals surface area contributed by atoms with E-state index in [1.54, 1.807) is 24.3 Å². The van der Waals surface area contributed by atoms with E-state index in [0.29, 0.717) is 35.6 Å². The summed E-state index contributed by atoms with van der Waals surface area (Å²) in [6, 6.07) is 10.7. The minimum atomic E-state index is -0.179. The summed E-state index contributed by atoms with van der Waals surface area (Å²) in [5, 5.41) is 5.90. The number of nitrogens with two attached hydrogens (primary N) is 2. The summed E-state index contributed by atoms with van der Waals surface area (Å²) in [4.78, 5) is 25.3. The predicted molar refractivity (Wildman–Crippen MR) is 134 cm³/mol. The van der Waals surface area contributed by atoms with E-state index in [9.17, 15) is 9.59 Å². The van der Waals surface area contributed by atoms with Gasteiger partial charge in [0, 0.05) is 24.5 Å². The molecule has 6 nitrogen and oxygen atoms in total. The predicted octanol–water partition coefficient (Wildman–Crippen LogP) is 5.14. The van der Waals surface area contributed by atoms with Gasteiger partial charge in [0.05, 0.1) is 11.1 Å². The van der Waals surface area contributed by atoms with E-state index in [0.717, 1.165) is 49.7 Å². The number of carbonyl (C=O) groups is 2. The second-order valence-electron chi connectivity index (χ2n) is 8.24. The monoisotopic (exact) mass is 438 g/mol. The zero-order valence-corrected chi connectivity index (χ0v) is 19.5. The molecule has 0 fully saturated rings. The highest BCUT2D eigenvalue weighted by molar-refractivity contribution is 6.02. The van der Waals surface area contributed by atoms with Gasteiger partial charge in [-0.2, -0.15) is 0 Å².